The normalized spacial score (nSPS) is 11.1. The Morgan fingerprint density at radius 1 is 1.00 bits per heavy atom. The van der Waals surface area contributed by atoms with Gasteiger partial charge < -0.3 is 9.47 Å². The Labute approximate surface area is 145 Å². The van der Waals surface area contributed by atoms with Crippen molar-refractivity contribution in [1.82, 2.24) is 0 Å². The summed E-state index contributed by atoms with van der Waals surface area (Å²) in [6, 6.07) is 12.6. The van der Waals surface area contributed by atoms with Gasteiger partial charge in [-0.05, 0) is 29.8 Å². The molecular weight excluding hydrogens is 382 g/mol. The van der Waals surface area contributed by atoms with Gasteiger partial charge in [-0.1, -0.05) is 28.1 Å². The van der Waals surface area contributed by atoms with E-state index in [1.807, 2.05) is 24.3 Å². The fourth-order valence-electron chi connectivity index (χ4n) is 2.14. The number of methoxy groups -OCH3 is 2. The van der Waals surface area contributed by atoms with E-state index in [1.165, 1.54) is 24.8 Å². The lowest BCUT2D eigenvalue weighted by Crippen LogP contribution is -2.29. The van der Waals surface area contributed by atoms with Crippen LogP contribution in [0.3, 0.4) is 0 Å². The third kappa shape index (κ3) is 4.39. The fraction of sp³-hybridized carbons (Fsp3) is 0.250. The zero-order valence-electron chi connectivity index (χ0n) is 13.1. The maximum Gasteiger partial charge on any atom is 0.232 e. The highest BCUT2D eigenvalue weighted by molar-refractivity contribution is 9.10. The molecule has 0 aliphatic rings. The molecule has 0 fully saturated rings. The van der Waals surface area contributed by atoms with Gasteiger partial charge >= 0.3 is 0 Å². The predicted molar refractivity (Wildman–Crippen MR) is 94.7 cm³/mol. The molecule has 7 heteroatoms. The van der Waals surface area contributed by atoms with Gasteiger partial charge in [0, 0.05) is 10.5 Å². The molecule has 0 amide bonds. The third-order valence-electron chi connectivity index (χ3n) is 3.29. The largest absolute Gasteiger partial charge is 0.493 e. The molecule has 0 saturated heterocycles. The second-order valence-electron chi connectivity index (χ2n) is 4.94. The molecule has 2 rings (SSSR count). The van der Waals surface area contributed by atoms with Crippen LogP contribution < -0.4 is 13.8 Å². The van der Waals surface area contributed by atoms with Crippen LogP contribution in [0.15, 0.2) is 46.9 Å². The average molecular weight is 400 g/mol. The Morgan fingerprint density at radius 2 is 1.61 bits per heavy atom. The lowest BCUT2D eigenvalue weighted by atomic mass is 10.2. The van der Waals surface area contributed by atoms with E-state index in [4.69, 9.17) is 9.47 Å². The molecular formula is C16H18BrNO4S. The van der Waals surface area contributed by atoms with Crippen molar-refractivity contribution in [2.75, 3.05) is 24.8 Å². The minimum atomic E-state index is -3.45. The summed E-state index contributed by atoms with van der Waals surface area (Å²) in [5.41, 5.74) is 1.40. The fourth-order valence-corrected chi connectivity index (χ4v) is 3.28. The van der Waals surface area contributed by atoms with Crippen LogP contribution in [0.4, 0.5) is 5.69 Å². The van der Waals surface area contributed by atoms with Gasteiger partial charge in [-0.25, -0.2) is 8.42 Å². The minimum absolute atomic E-state index is 0.238. The molecule has 0 radical (unpaired) electrons. The van der Waals surface area contributed by atoms with Gasteiger partial charge in [-0.2, -0.15) is 0 Å². The van der Waals surface area contributed by atoms with Gasteiger partial charge in [0.1, 0.15) is 0 Å². The van der Waals surface area contributed by atoms with Crippen molar-refractivity contribution in [3.05, 3.63) is 52.5 Å². The lowest BCUT2D eigenvalue weighted by molar-refractivity contribution is 0.355. The van der Waals surface area contributed by atoms with E-state index in [9.17, 15) is 8.42 Å². The van der Waals surface area contributed by atoms with Crippen molar-refractivity contribution in [2.24, 2.45) is 0 Å². The highest BCUT2D eigenvalue weighted by atomic mass is 79.9. The zero-order chi connectivity index (χ0) is 17.0. The van der Waals surface area contributed by atoms with E-state index in [0.717, 1.165) is 10.0 Å². The molecule has 0 unspecified atom stereocenters. The molecule has 0 heterocycles. The number of hydrogen-bond donors (Lipinski definition) is 0. The lowest BCUT2D eigenvalue weighted by Gasteiger charge is -2.23. The van der Waals surface area contributed by atoms with E-state index in [-0.39, 0.29) is 6.54 Å². The van der Waals surface area contributed by atoms with Gasteiger partial charge in [-0.3, -0.25) is 4.31 Å². The highest BCUT2D eigenvalue weighted by Gasteiger charge is 2.19. The van der Waals surface area contributed by atoms with E-state index in [1.54, 1.807) is 18.2 Å². The molecule has 124 valence electrons. The monoisotopic (exact) mass is 399 g/mol. The molecule has 0 aromatic heterocycles. The molecule has 0 aliphatic carbocycles. The summed E-state index contributed by atoms with van der Waals surface area (Å²) in [6.45, 7) is 0.238. The quantitative estimate of drug-likeness (QED) is 0.746. The Bertz CT molecular complexity index is 775. The standard InChI is InChI=1S/C16H18BrNO4S/c1-21-15-9-8-14(10-16(15)22-2)18(23(3,19)20)11-12-4-6-13(17)7-5-12/h4-10H,11H2,1-3H3. The van der Waals surface area contributed by atoms with Crippen molar-refractivity contribution in [1.29, 1.82) is 0 Å². The summed E-state index contributed by atoms with van der Waals surface area (Å²) in [5.74, 6) is 1.03. The van der Waals surface area contributed by atoms with E-state index < -0.39 is 10.0 Å². The van der Waals surface area contributed by atoms with Crippen LogP contribution >= 0.6 is 15.9 Å². The summed E-state index contributed by atoms with van der Waals surface area (Å²) >= 11 is 3.37. The number of halogens is 1. The number of hydrogen-bond acceptors (Lipinski definition) is 4. The Hall–Kier alpha value is -1.73. The first kappa shape index (κ1) is 17.6. The number of anilines is 1. The van der Waals surface area contributed by atoms with Gasteiger partial charge in [0.25, 0.3) is 0 Å². The smallest absolute Gasteiger partial charge is 0.232 e. The van der Waals surface area contributed by atoms with E-state index >= 15 is 0 Å². The van der Waals surface area contributed by atoms with Crippen LogP contribution in [0, 0.1) is 0 Å². The molecule has 5 nitrogen and oxygen atoms in total. The Kier molecular flexibility index (Phi) is 5.54. The number of rotatable bonds is 6. The number of sulfonamides is 1. The van der Waals surface area contributed by atoms with Gasteiger partial charge in [0.2, 0.25) is 10.0 Å². The first-order chi connectivity index (χ1) is 10.8. The Morgan fingerprint density at radius 3 is 2.13 bits per heavy atom. The molecule has 2 aromatic rings. The second kappa shape index (κ2) is 7.23. The van der Waals surface area contributed by atoms with Gasteiger partial charge in [-0.15, -0.1) is 0 Å². The first-order valence-corrected chi connectivity index (χ1v) is 9.43. The third-order valence-corrected chi connectivity index (χ3v) is 4.96. The van der Waals surface area contributed by atoms with E-state index in [2.05, 4.69) is 15.9 Å². The van der Waals surface area contributed by atoms with Crippen molar-refractivity contribution < 1.29 is 17.9 Å². The van der Waals surface area contributed by atoms with Crippen molar-refractivity contribution in [3.8, 4) is 11.5 Å². The minimum Gasteiger partial charge on any atom is -0.493 e. The van der Waals surface area contributed by atoms with Crippen LogP contribution in [0.2, 0.25) is 0 Å². The maximum absolute atomic E-state index is 12.2. The number of benzene rings is 2. The summed E-state index contributed by atoms with van der Waals surface area (Å²) in [5, 5.41) is 0. The summed E-state index contributed by atoms with van der Waals surface area (Å²) in [6.07, 6.45) is 1.18. The highest BCUT2D eigenvalue weighted by Crippen LogP contribution is 2.33. The molecule has 0 aliphatic heterocycles. The molecule has 0 spiro atoms. The van der Waals surface area contributed by atoms with Crippen LogP contribution in [-0.4, -0.2) is 28.9 Å². The van der Waals surface area contributed by atoms with Crippen LogP contribution in [0.1, 0.15) is 5.56 Å². The van der Waals surface area contributed by atoms with Gasteiger partial charge in [0.05, 0.1) is 32.7 Å². The Balaban J connectivity index is 2.41. The summed E-state index contributed by atoms with van der Waals surface area (Å²) in [4.78, 5) is 0. The first-order valence-electron chi connectivity index (χ1n) is 6.79. The van der Waals surface area contributed by atoms with Crippen LogP contribution in [0.25, 0.3) is 0 Å². The van der Waals surface area contributed by atoms with E-state index in [0.29, 0.717) is 17.2 Å². The molecule has 0 atom stereocenters. The zero-order valence-corrected chi connectivity index (χ0v) is 15.5. The maximum atomic E-state index is 12.2. The van der Waals surface area contributed by atoms with Crippen LogP contribution in [-0.2, 0) is 16.6 Å². The summed E-state index contributed by atoms with van der Waals surface area (Å²) in [7, 11) is -0.395. The van der Waals surface area contributed by atoms with Crippen molar-refractivity contribution in [2.45, 2.75) is 6.54 Å². The SMILES string of the molecule is COc1ccc(N(Cc2ccc(Br)cc2)S(C)(=O)=O)cc1OC. The second-order valence-corrected chi connectivity index (χ2v) is 7.76. The van der Waals surface area contributed by atoms with Crippen LogP contribution in [0.5, 0.6) is 11.5 Å². The number of nitrogens with zero attached hydrogens (tertiary/aromatic N) is 1. The van der Waals surface area contributed by atoms with Crippen molar-refractivity contribution >= 4 is 31.6 Å². The molecule has 0 bridgehead atoms. The van der Waals surface area contributed by atoms with Crippen molar-refractivity contribution in [3.63, 3.8) is 0 Å². The van der Waals surface area contributed by atoms with Gasteiger partial charge in [0.15, 0.2) is 11.5 Å². The molecule has 0 saturated carbocycles. The molecule has 23 heavy (non-hydrogen) atoms. The average Bonchev–Trinajstić information content (AvgIpc) is 2.52. The number of ether oxygens (including phenoxy) is 2. The summed E-state index contributed by atoms with van der Waals surface area (Å²) < 4.78 is 37.1. The molecule has 2 aromatic carbocycles. The predicted octanol–water partition coefficient (Wildman–Crippen LogP) is 3.43. The topological polar surface area (TPSA) is 55.8 Å². The molecule has 0 N–H and O–H groups in total.